The zero-order valence-electron chi connectivity index (χ0n) is 10.3. The van der Waals surface area contributed by atoms with Crippen LogP contribution in [0.1, 0.15) is 0 Å². The van der Waals surface area contributed by atoms with Crippen LogP contribution in [0.4, 0.5) is 11.4 Å². The van der Waals surface area contributed by atoms with Gasteiger partial charge in [0, 0.05) is 32.3 Å². The van der Waals surface area contributed by atoms with Crippen LogP contribution >= 0.6 is 0 Å². The number of benzene rings is 1. The lowest BCUT2D eigenvalue weighted by atomic mass is 10.2. The van der Waals surface area contributed by atoms with E-state index in [1.165, 1.54) is 0 Å². The Morgan fingerprint density at radius 2 is 1.94 bits per heavy atom. The first-order valence-corrected chi connectivity index (χ1v) is 5.77. The lowest BCUT2D eigenvalue weighted by Crippen LogP contribution is -2.28. The standard InChI is InChI=1S/C12H19N3O2/c1-14-3-4-15(2)10-8-12-11(7-9(10)13)16-5-6-17-12/h7-8,14H,3-6,13H2,1-2H3. The monoisotopic (exact) mass is 237 g/mol. The van der Waals surface area contributed by atoms with Crippen molar-refractivity contribution in [3.8, 4) is 11.5 Å². The molecule has 0 saturated heterocycles. The molecule has 0 atom stereocenters. The molecule has 5 heteroatoms. The maximum Gasteiger partial charge on any atom is 0.163 e. The Morgan fingerprint density at radius 3 is 2.59 bits per heavy atom. The quantitative estimate of drug-likeness (QED) is 0.755. The molecule has 5 nitrogen and oxygen atoms in total. The van der Waals surface area contributed by atoms with Gasteiger partial charge in [0.15, 0.2) is 11.5 Å². The van der Waals surface area contributed by atoms with Crippen LogP contribution in [0.3, 0.4) is 0 Å². The average Bonchev–Trinajstić information content (AvgIpc) is 2.35. The van der Waals surface area contributed by atoms with E-state index in [-0.39, 0.29) is 0 Å². The minimum absolute atomic E-state index is 0.585. The number of nitrogens with one attached hydrogen (secondary N) is 1. The second-order valence-corrected chi connectivity index (χ2v) is 4.08. The van der Waals surface area contributed by atoms with Crippen molar-refractivity contribution >= 4 is 11.4 Å². The van der Waals surface area contributed by atoms with Crippen LogP contribution in [0.5, 0.6) is 11.5 Å². The van der Waals surface area contributed by atoms with Gasteiger partial charge >= 0.3 is 0 Å². The van der Waals surface area contributed by atoms with Crippen LogP contribution < -0.4 is 25.4 Å². The van der Waals surface area contributed by atoms with Crippen molar-refractivity contribution in [3.05, 3.63) is 12.1 Å². The van der Waals surface area contributed by atoms with Gasteiger partial charge in [-0.1, -0.05) is 0 Å². The highest BCUT2D eigenvalue weighted by atomic mass is 16.6. The summed E-state index contributed by atoms with van der Waals surface area (Å²) < 4.78 is 11.0. The SMILES string of the molecule is CNCCN(C)c1cc2c(cc1N)OCCO2. The third-order valence-electron chi connectivity index (χ3n) is 2.80. The van der Waals surface area contributed by atoms with Gasteiger partial charge in [0.05, 0.1) is 11.4 Å². The number of hydrogen-bond acceptors (Lipinski definition) is 5. The Hall–Kier alpha value is -1.62. The third-order valence-corrected chi connectivity index (χ3v) is 2.80. The van der Waals surface area contributed by atoms with Crippen molar-refractivity contribution in [3.63, 3.8) is 0 Å². The van der Waals surface area contributed by atoms with Crippen molar-refractivity contribution in [2.45, 2.75) is 0 Å². The molecule has 3 N–H and O–H groups in total. The maximum absolute atomic E-state index is 6.02. The minimum Gasteiger partial charge on any atom is -0.486 e. The highest BCUT2D eigenvalue weighted by molar-refractivity contribution is 5.73. The average molecular weight is 237 g/mol. The lowest BCUT2D eigenvalue weighted by Gasteiger charge is -2.25. The topological polar surface area (TPSA) is 59.8 Å². The number of nitrogens with two attached hydrogens (primary N) is 1. The summed E-state index contributed by atoms with van der Waals surface area (Å²) in [5.41, 5.74) is 7.71. The molecule has 0 unspecified atom stereocenters. The summed E-state index contributed by atoms with van der Waals surface area (Å²) in [5.74, 6) is 1.51. The first-order chi connectivity index (χ1) is 8.22. The molecule has 1 aromatic carbocycles. The Bertz CT molecular complexity index is 396. The Morgan fingerprint density at radius 1 is 1.29 bits per heavy atom. The summed E-state index contributed by atoms with van der Waals surface area (Å²) >= 11 is 0. The first kappa shape index (κ1) is 11.9. The number of nitrogens with zero attached hydrogens (tertiary/aromatic N) is 1. The van der Waals surface area contributed by atoms with E-state index < -0.39 is 0 Å². The van der Waals surface area contributed by atoms with Gasteiger partial charge in [-0.2, -0.15) is 0 Å². The Balaban J connectivity index is 2.22. The van der Waals surface area contributed by atoms with E-state index >= 15 is 0 Å². The molecule has 0 amide bonds. The summed E-state index contributed by atoms with van der Waals surface area (Å²) in [6.07, 6.45) is 0. The van der Waals surface area contributed by atoms with Crippen molar-refractivity contribution < 1.29 is 9.47 Å². The molecule has 1 heterocycles. The van der Waals surface area contributed by atoms with Crippen molar-refractivity contribution in [1.82, 2.24) is 5.32 Å². The number of ether oxygens (including phenoxy) is 2. The summed E-state index contributed by atoms with van der Waals surface area (Å²) in [6, 6.07) is 3.78. The molecule has 0 saturated carbocycles. The van der Waals surface area contributed by atoms with Gasteiger partial charge in [0.2, 0.25) is 0 Å². The van der Waals surface area contributed by atoms with Crippen LogP contribution in [0.25, 0.3) is 0 Å². The van der Waals surface area contributed by atoms with E-state index in [1.807, 2.05) is 26.2 Å². The Kier molecular flexibility index (Phi) is 3.58. The van der Waals surface area contributed by atoms with Crippen molar-refractivity contribution in [2.75, 3.05) is 51.0 Å². The van der Waals surface area contributed by atoms with Gasteiger partial charge in [-0.05, 0) is 7.05 Å². The number of fused-ring (bicyclic) bond motifs is 1. The predicted octanol–water partition coefficient (Wildman–Crippen LogP) is 0.696. The number of anilines is 2. The van der Waals surface area contributed by atoms with Gasteiger partial charge in [0.25, 0.3) is 0 Å². The Labute approximate surface area is 101 Å². The van der Waals surface area contributed by atoms with Gasteiger partial charge in [-0.3, -0.25) is 0 Å². The second kappa shape index (κ2) is 5.14. The molecule has 1 aliphatic rings. The van der Waals surface area contributed by atoms with Gasteiger partial charge < -0.3 is 25.4 Å². The molecular weight excluding hydrogens is 218 g/mol. The van der Waals surface area contributed by atoms with Crippen molar-refractivity contribution in [1.29, 1.82) is 0 Å². The zero-order valence-corrected chi connectivity index (χ0v) is 10.3. The molecule has 94 valence electrons. The highest BCUT2D eigenvalue weighted by Crippen LogP contribution is 2.38. The van der Waals surface area contributed by atoms with Gasteiger partial charge in [0.1, 0.15) is 13.2 Å². The van der Waals surface area contributed by atoms with E-state index in [2.05, 4.69) is 10.2 Å². The summed E-state index contributed by atoms with van der Waals surface area (Å²) in [4.78, 5) is 2.10. The molecule has 17 heavy (non-hydrogen) atoms. The molecular formula is C12H19N3O2. The smallest absolute Gasteiger partial charge is 0.163 e. The molecule has 0 aromatic heterocycles. The number of likely N-dealkylation sites (N-methyl/N-ethyl adjacent to an activating group) is 2. The van der Waals surface area contributed by atoms with E-state index in [9.17, 15) is 0 Å². The van der Waals surface area contributed by atoms with Crippen molar-refractivity contribution in [2.24, 2.45) is 0 Å². The highest BCUT2D eigenvalue weighted by Gasteiger charge is 2.16. The molecule has 2 rings (SSSR count). The van der Waals surface area contributed by atoms with Gasteiger partial charge in [-0.15, -0.1) is 0 Å². The van der Waals surface area contributed by atoms with E-state index in [0.29, 0.717) is 18.9 Å². The molecule has 1 aromatic rings. The molecule has 0 aliphatic carbocycles. The van der Waals surface area contributed by atoms with E-state index in [1.54, 1.807) is 0 Å². The normalized spacial score (nSPS) is 13.5. The van der Waals surface area contributed by atoms with E-state index in [0.717, 1.165) is 30.3 Å². The number of nitrogen functional groups attached to an aromatic ring is 1. The minimum atomic E-state index is 0.585. The zero-order chi connectivity index (χ0) is 12.3. The van der Waals surface area contributed by atoms with Crippen LogP contribution in [0.15, 0.2) is 12.1 Å². The van der Waals surface area contributed by atoms with Crippen LogP contribution in [-0.4, -0.2) is 40.4 Å². The fourth-order valence-electron chi connectivity index (χ4n) is 1.82. The van der Waals surface area contributed by atoms with E-state index in [4.69, 9.17) is 15.2 Å². The fraction of sp³-hybridized carbons (Fsp3) is 0.500. The van der Waals surface area contributed by atoms with Crippen LogP contribution in [-0.2, 0) is 0 Å². The van der Waals surface area contributed by atoms with Gasteiger partial charge in [-0.25, -0.2) is 0 Å². The summed E-state index contributed by atoms with van der Waals surface area (Å²) in [7, 11) is 3.94. The predicted molar refractivity (Wildman–Crippen MR) is 69.0 cm³/mol. The molecule has 1 aliphatic heterocycles. The summed E-state index contributed by atoms with van der Waals surface area (Å²) in [5, 5.41) is 3.11. The lowest BCUT2D eigenvalue weighted by molar-refractivity contribution is 0.172. The first-order valence-electron chi connectivity index (χ1n) is 5.77. The summed E-state index contributed by atoms with van der Waals surface area (Å²) in [6.45, 7) is 2.97. The molecule has 0 bridgehead atoms. The van der Waals surface area contributed by atoms with Crippen LogP contribution in [0.2, 0.25) is 0 Å². The third kappa shape index (κ3) is 2.55. The fourth-order valence-corrected chi connectivity index (χ4v) is 1.82. The molecule has 0 spiro atoms. The number of hydrogen-bond donors (Lipinski definition) is 2. The molecule has 0 radical (unpaired) electrons. The largest absolute Gasteiger partial charge is 0.486 e. The molecule has 0 fully saturated rings. The maximum atomic E-state index is 6.02. The van der Waals surface area contributed by atoms with Crippen LogP contribution in [0, 0.1) is 0 Å². The number of rotatable bonds is 4. The second-order valence-electron chi connectivity index (χ2n) is 4.08.